The number of para-hydroxylation sites is 1. The van der Waals surface area contributed by atoms with E-state index >= 15 is 0 Å². The van der Waals surface area contributed by atoms with E-state index in [2.05, 4.69) is 29.6 Å². The van der Waals surface area contributed by atoms with Crippen molar-refractivity contribution >= 4 is 64.4 Å². The molecule has 37 heavy (non-hydrogen) atoms. The summed E-state index contributed by atoms with van der Waals surface area (Å²) >= 11 is 6.90. The van der Waals surface area contributed by atoms with Gasteiger partial charge in [-0.05, 0) is 89.9 Å². The largest absolute Gasteiger partial charge is 0.457 e. The number of anilines is 1. The van der Waals surface area contributed by atoms with Gasteiger partial charge in [-0.3, -0.25) is 19.8 Å². The first-order valence-electron chi connectivity index (χ1n) is 11.7. The number of nitrogens with zero attached hydrogens (tertiary/aromatic N) is 1. The lowest BCUT2D eigenvalue weighted by Gasteiger charge is -2.28. The van der Waals surface area contributed by atoms with Crippen LogP contribution >= 0.6 is 23.6 Å². The number of rotatable bonds is 4. The minimum absolute atomic E-state index is 0.0407. The molecule has 6 rings (SSSR count). The van der Waals surface area contributed by atoms with Crippen LogP contribution in [0.1, 0.15) is 26.4 Å². The van der Waals surface area contributed by atoms with E-state index in [9.17, 15) is 9.59 Å². The van der Waals surface area contributed by atoms with Crippen molar-refractivity contribution in [1.82, 2.24) is 5.32 Å². The molecule has 1 fully saturated rings. The number of nitrogens with one attached hydrogen (secondary N) is 1. The third-order valence-corrected chi connectivity index (χ3v) is 7.55. The molecule has 2 amide bonds. The van der Waals surface area contributed by atoms with Crippen molar-refractivity contribution in [2.24, 2.45) is 0 Å². The Labute approximate surface area is 223 Å². The van der Waals surface area contributed by atoms with Gasteiger partial charge in [0, 0.05) is 9.75 Å². The van der Waals surface area contributed by atoms with Crippen LogP contribution in [-0.4, -0.2) is 16.9 Å². The van der Waals surface area contributed by atoms with Gasteiger partial charge in [-0.15, -0.1) is 11.3 Å². The highest BCUT2D eigenvalue weighted by molar-refractivity contribution is 7.80. The van der Waals surface area contributed by atoms with Gasteiger partial charge in [0.05, 0.1) is 5.69 Å². The maximum Gasteiger partial charge on any atom is 0.270 e. The molecule has 1 aromatic heterocycles. The molecule has 0 bridgehead atoms. The Kier molecular flexibility index (Phi) is 6.00. The zero-order chi connectivity index (χ0) is 25.4. The van der Waals surface area contributed by atoms with Crippen molar-refractivity contribution in [3.8, 4) is 11.5 Å². The summed E-state index contributed by atoms with van der Waals surface area (Å²) in [5.74, 6) is 0.375. The van der Waals surface area contributed by atoms with Crippen LogP contribution in [0, 0.1) is 0 Å². The molecule has 1 saturated heterocycles. The summed E-state index contributed by atoms with van der Waals surface area (Å²) < 4.78 is 5.84. The van der Waals surface area contributed by atoms with Gasteiger partial charge in [-0.2, -0.15) is 0 Å². The normalized spacial score (nSPS) is 15.7. The second kappa shape index (κ2) is 9.61. The van der Waals surface area contributed by atoms with Crippen LogP contribution in [0.3, 0.4) is 0 Å². The second-order valence-electron chi connectivity index (χ2n) is 8.61. The van der Waals surface area contributed by atoms with E-state index in [1.807, 2.05) is 48.5 Å². The number of carbonyl (C=O) groups excluding carboxylic acids is 2. The molecule has 1 N–H and O–H groups in total. The quantitative estimate of drug-likeness (QED) is 0.168. The van der Waals surface area contributed by atoms with E-state index in [0.29, 0.717) is 17.2 Å². The molecule has 2 heterocycles. The highest BCUT2D eigenvalue weighted by Crippen LogP contribution is 2.33. The van der Waals surface area contributed by atoms with Crippen molar-refractivity contribution in [1.29, 1.82) is 0 Å². The Morgan fingerprint density at radius 2 is 1.59 bits per heavy atom. The fraction of sp³-hybridized carbons (Fsp3) is 0.0333. The van der Waals surface area contributed by atoms with Crippen LogP contribution in [0.2, 0.25) is 0 Å². The maximum atomic E-state index is 13.5. The van der Waals surface area contributed by atoms with E-state index in [1.54, 1.807) is 41.7 Å². The van der Waals surface area contributed by atoms with Crippen molar-refractivity contribution in [2.75, 3.05) is 4.90 Å². The molecule has 5 nitrogen and oxygen atoms in total. The van der Waals surface area contributed by atoms with Gasteiger partial charge < -0.3 is 4.74 Å². The van der Waals surface area contributed by atoms with Crippen molar-refractivity contribution in [3.63, 3.8) is 0 Å². The highest BCUT2D eigenvalue weighted by atomic mass is 32.1. The Hall–Kier alpha value is -4.33. The minimum Gasteiger partial charge on any atom is -0.457 e. The average Bonchev–Trinajstić information content (AvgIpc) is 3.20. The summed E-state index contributed by atoms with van der Waals surface area (Å²) in [7, 11) is 0. The summed E-state index contributed by atoms with van der Waals surface area (Å²) in [6, 6.07) is 26.8. The van der Waals surface area contributed by atoms with Gasteiger partial charge >= 0.3 is 0 Å². The van der Waals surface area contributed by atoms with E-state index in [4.69, 9.17) is 17.0 Å². The molecule has 1 aliphatic carbocycles. The molecular weight excluding hydrogens is 500 g/mol. The van der Waals surface area contributed by atoms with Crippen LogP contribution < -0.4 is 15.0 Å². The number of thiophene rings is 1. The Bertz CT molecular complexity index is 1600. The van der Waals surface area contributed by atoms with Crippen LogP contribution in [0.15, 0.2) is 90.5 Å². The molecule has 4 aromatic rings. The summed E-state index contributed by atoms with van der Waals surface area (Å²) in [6.07, 6.45) is 6.65. The monoisotopic (exact) mass is 520 g/mol. The zero-order valence-electron chi connectivity index (χ0n) is 19.5. The lowest BCUT2D eigenvalue weighted by atomic mass is 10.0. The van der Waals surface area contributed by atoms with Crippen LogP contribution in [0.5, 0.6) is 11.5 Å². The number of carbonyl (C=O) groups is 2. The van der Waals surface area contributed by atoms with Crippen LogP contribution in [-0.2, 0) is 16.0 Å². The molecule has 0 radical (unpaired) electrons. The molecule has 2 aliphatic rings. The Morgan fingerprint density at radius 3 is 2.41 bits per heavy atom. The first-order valence-corrected chi connectivity index (χ1v) is 12.9. The van der Waals surface area contributed by atoms with Gasteiger partial charge in [-0.1, -0.05) is 48.5 Å². The zero-order valence-corrected chi connectivity index (χ0v) is 21.1. The van der Waals surface area contributed by atoms with E-state index in [0.717, 1.165) is 16.2 Å². The molecule has 180 valence electrons. The van der Waals surface area contributed by atoms with E-state index < -0.39 is 11.8 Å². The van der Waals surface area contributed by atoms with Gasteiger partial charge in [0.1, 0.15) is 17.1 Å². The highest BCUT2D eigenvalue weighted by Gasteiger charge is 2.34. The molecule has 0 spiro atoms. The summed E-state index contributed by atoms with van der Waals surface area (Å²) in [4.78, 5) is 29.5. The fourth-order valence-corrected chi connectivity index (χ4v) is 5.68. The van der Waals surface area contributed by atoms with Crippen LogP contribution in [0.25, 0.3) is 18.2 Å². The van der Waals surface area contributed by atoms with Gasteiger partial charge in [0.25, 0.3) is 11.8 Å². The predicted octanol–water partition coefficient (Wildman–Crippen LogP) is 6.45. The van der Waals surface area contributed by atoms with E-state index in [1.165, 1.54) is 21.6 Å². The van der Waals surface area contributed by atoms with E-state index in [-0.39, 0.29) is 10.7 Å². The predicted molar refractivity (Wildman–Crippen MR) is 152 cm³/mol. The standard InChI is InChI=1S/C30H20N2O3S2/c33-28-26(18-25-17-21-16-20-7-5-4-6-19(20)10-15-27(21)37-25)29(34)32(30(36)31-28)22-11-13-24(14-12-22)35-23-8-2-1-3-9-23/h1-15,17-18H,16H2,(H,31,33,36). The number of ether oxygens (including phenoxy) is 1. The number of hydrogen-bond acceptors (Lipinski definition) is 5. The first kappa shape index (κ1) is 23.1. The Balaban J connectivity index is 1.26. The van der Waals surface area contributed by atoms with Gasteiger partial charge in [0.2, 0.25) is 0 Å². The number of benzene rings is 3. The molecule has 7 heteroatoms. The third kappa shape index (κ3) is 4.62. The minimum atomic E-state index is -0.500. The summed E-state index contributed by atoms with van der Waals surface area (Å²) in [6.45, 7) is 0. The molecule has 3 aromatic carbocycles. The fourth-order valence-electron chi connectivity index (χ4n) is 4.37. The summed E-state index contributed by atoms with van der Waals surface area (Å²) in [5, 5.41) is 2.70. The van der Waals surface area contributed by atoms with Crippen molar-refractivity contribution in [3.05, 3.63) is 117 Å². The van der Waals surface area contributed by atoms with Gasteiger partial charge in [-0.25, -0.2) is 0 Å². The SMILES string of the molecule is O=C1NC(=S)N(c2ccc(Oc3ccccc3)cc2)C(=O)C1=Cc1cc2c(s1)C=Cc1ccccc1C2. The number of fused-ring (bicyclic) bond motifs is 2. The number of hydrogen-bond donors (Lipinski definition) is 1. The lowest BCUT2D eigenvalue weighted by molar-refractivity contribution is -0.122. The molecule has 0 unspecified atom stereocenters. The third-order valence-electron chi connectivity index (χ3n) is 6.17. The van der Waals surface area contributed by atoms with Crippen molar-refractivity contribution < 1.29 is 14.3 Å². The lowest BCUT2D eigenvalue weighted by Crippen LogP contribution is -2.54. The summed E-state index contributed by atoms with van der Waals surface area (Å²) in [5.41, 5.74) is 4.21. The second-order valence-corrected chi connectivity index (χ2v) is 10.1. The molecular formula is C30H20N2O3S2. The van der Waals surface area contributed by atoms with Gasteiger partial charge in [0.15, 0.2) is 5.11 Å². The maximum absolute atomic E-state index is 13.5. The molecule has 1 aliphatic heterocycles. The Morgan fingerprint density at radius 1 is 0.865 bits per heavy atom. The molecule has 0 atom stereocenters. The topological polar surface area (TPSA) is 58.6 Å². The van der Waals surface area contributed by atoms with Crippen molar-refractivity contribution in [2.45, 2.75) is 6.42 Å². The first-order chi connectivity index (χ1) is 18.0. The number of amides is 2. The smallest absolute Gasteiger partial charge is 0.270 e. The number of thiocarbonyl (C=S) groups is 1. The van der Waals surface area contributed by atoms with Crippen LogP contribution in [0.4, 0.5) is 5.69 Å². The average molecular weight is 521 g/mol. The molecule has 0 saturated carbocycles.